The molecular weight excluding hydrogens is 294 g/mol. The number of azide groups is 1. The molecule has 0 saturated carbocycles. The van der Waals surface area contributed by atoms with Crippen molar-refractivity contribution in [1.82, 2.24) is 0 Å². The summed E-state index contributed by atoms with van der Waals surface area (Å²) in [6.07, 6.45) is -4.64. The van der Waals surface area contributed by atoms with Gasteiger partial charge in [-0.3, -0.25) is 0 Å². The highest BCUT2D eigenvalue weighted by Gasteiger charge is 2.48. The van der Waals surface area contributed by atoms with Gasteiger partial charge in [-0.15, -0.1) is 0 Å². The van der Waals surface area contributed by atoms with Gasteiger partial charge in [-0.2, -0.15) is 0 Å². The molecule has 122 valence electrons. The fourth-order valence-electron chi connectivity index (χ4n) is 1.81. The monoisotopic (exact) mass is 319 g/mol. The van der Waals surface area contributed by atoms with E-state index in [9.17, 15) is 15.3 Å². The zero-order chi connectivity index (χ0) is 16.4. The van der Waals surface area contributed by atoms with Crippen molar-refractivity contribution in [1.29, 1.82) is 0 Å². The third-order valence-electron chi connectivity index (χ3n) is 4.25. The highest BCUT2D eigenvalue weighted by atomic mass is 28.4. The minimum atomic E-state index is -2.24. The molecule has 0 amide bonds. The summed E-state index contributed by atoms with van der Waals surface area (Å²) >= 11 is 0. The van der Waals surface area contributed by atoms with E-state index in [1.165, 1.54) is 0 Å². The smallest absolute Gasteiger partial charge is 0.195 e. The van der Waals surface area contributed by atoms with Crippen LogP contribution in [-0.4, -0.2) is 60.9 Å². The lowest BCUT2D eigenvalue weighted by Crippen LogP contribution is -2.61. The summed E-state index contributed by atoms with van der Waals surface area (Å²) in [5.74, 6) is 0. The van der Waals surface area contributed by atoms with E-state index >= 15 is 0 Å². The van der Waals surface area contributed by atoms with Crippen LogP contribution in [0, 0.1) is 0 Å². The fraction of sp³-hybridized carbons (Fsp3) is 1.00. The fourth-order valence-corrected chi connectivity index (χ4v) is 2.94. The standard InChI is InChI=1S/C12H25N3O5Si/c1-12(2,3)21(4,5)20-11-8(14-15-13)10(18)9(17)7(6-16)19-11/h7-11,16-18H,6H2,1-5H3/t7-,8+,9-,10-,11-/m0/s1. The predicted octanol–water partition coefficient (Wildman–Crippen LogP) is 1.13. The minimum absolute atomic E-state index is 0.104. The number of aliphatic hydroxyl groups is 3. The Labute approximate surface area is 125 Å². The Morgan fingerprint density at radius 1 is 1.29 bits per heavy atom. The number of aliphatic hydroxyl groups excluding tert-OH is 3. The second-order valence-electron chi connectivity index (χ2n) is 6.78. The Balaban J connectivity index is 3.03. The van der Waals surface area contributed by atoms with E-state index in [0.29, 0.717) is 0 Å². The summed E-state index contributed by atoms with van der Waals surface area (Å²) in [5.41, 5.74) is 8.64. The van der Waals surface area contributed by atoms with E-state index < -0.39 is 45.6 Å². The van der Waals surface area contributed by atoms with Crippen LogP contribution >= 0.6 is 0 Å². The van der Waals surface area contributed by atoms with E-state index in [2.05, 4.69) is 10.0 Å². The van der Waals surface area contributed by atoms with E-state index in [-0.39, 0.29) is 5.04 Å². The molecule has 5 atom stereocenters. The summed E-state index contributed by atoms with van der Waals surface area (Å²) in [4.78, 5) is 2.68. The summed E-state index contributed by atoms with van der Waals surface area (Å²) < 4.78 is 11.5. The molecule has 1 rings (SSSR count). The van der Waals surface area contributed by atoms with E-state index in [0.717, 1.165) is 0 Å². The molecule has 0 unspecified atom stereocenters. The van der Waals surface area contributed by atoms with Gasteiger partial charge in [0.25, 0.3) is 0 Å². The lowest BCUT2D eigenvalue weighted by Gasteiger charge is -2.45. The van der Waals surface area contributed by atoms with Gasteiger partial charge in [-0.05, 0) is 23.7 Å². The van der Waals surface area contributed by atoms with Crippen molar-refractivity contribution in [3.8, 4) is 0 Å². The molecule has 0 radical (unpaired) electrons. The molecule has 1 fully saturated rings. The molecule has 9 heteroatoms. The predicted molar refractivity (Wildman–Crippen MR) is 79.0 cm³/mol. The number of rotatable bonds is 4. The SMILES string of the molecule is CC(C)(C)[Si](C)(C)O[C@@H]1O[C@@H](CO)[C@H](O)[C@@H](O)[C@H]1N=[N+]=[N-]. The molecule has 0 aromatic rings. The molecule has 0 bridgehead atoms. The molecule has 0 spiro atoms. The van der Waals surface area contributed by atoms with Crippen molar-refractivity contribution in [2.45, 2.75) is 69.5 Å². The normalized spacial score (nSPS) is 34.4. The average Bonchev–Trinajstić information content (AvgIpc) is 2.36. The first-order valence-electron chi connectivity index (χ1n) is 6.89. The maximum atomic E-state index is 10.1. The molecule has 1 saturated heterocycles. The van der Waals surface area contributed by atoms with Crippen LogP contribution in [0.15, 0.2) is 5.11 Å². The Morgan fingerprint density at radius 3 is 2.29 bits per heavy atom. The largest absolute Gasteiger partial charge is 0.394 e. The molecule has 8 nitrogen and oxygen atoms in total. The molecule has 1 aliphatic rings. The second-order valence-corrected chi connectivity index (χ2v) is 11.5. The first kappa shape index (κ1) is 18.4. The van der Waals surface area contributed by atoms with Gasteiger partial charge in [0.05, 0.1) is 12.7 Å². The van der Waals surface area contributed by atoms with Gasteiger partial charge in [0, 0.05) is 4.91 Å². The van der Waals surface area contributed by atoms with Gasteiger partial charge >= 0.3 is 0 Å². The van der Waals surface area contributed by atoms with E-state index in [1.807, 2.05) is 33.9 Å². The number of hydrogen-bond donors (Lipinski definition) is 3. The van der Waals surface area contributed by atoms with Gasteiger partial charge in [0.15, 0.2) is 14.6 Å². The van der Waals surface area contributed by atoms with E-state index in [1.54, 1.807) is 0 Å². The van der Waals surface area contributed by atoms with E-state index in [4.69, 9.17) is 14.7 Å². The summed E-state index contributed by atoms with van der Waals surface area (Å²) in [6.45, 7) is 9.65. The minimum Gasteiger partial charge on any atom is -0.394 e. The third-order valence-corrected chi connectivity index (χ3v) is 8.68. The Kier molecular flexibility index (Phi) is 5.79. The summed E-state index contributed by atoms with van der Waals surface area (Å²) in [5, 5.41) is 32.5. The lowest BCUT2D eigenvalue weighted by molar-refractivity contribution is -0.242. The number of nitrogens with zero attached hydrogens (tertiary/aromatic N) is 3. The highest BCUT2D eigenvalue weighted by molar-refractivity contribution is 6.74. The van der Waals surface area contributed by atoms with Gasteiger partial charge in [0.2, 0.25) is 0 Å². The first-order chi connectivity index (χ1) is 9.55. The van der Waals surface area contributed by atoms with Gasteiger partial charge in [-0.1, -0.05) is 25.9 Å². The molecule has 1 heterocycles. The molecule has 0 aromatic carbocycles. The number of ether oxygens (including phenoxy) is 1. The third kappa shape index (κ3) is 3.95. The highest BCUT2D eigenvalue weighted by Crippen LogP contribution is 2.39. The first-order valence-corrected chi connectivity index (χ1v) is 9.80. The van der Waals surface area contributed by atoms with Crippen molar-refractivity contribution in [3.05, 3.63) is 10.4 Å². The molecular formula is C12H25N3O5Si. The van der Waals surface area contributed by atoms with Gasteiger partial charge in [0.1, 0.15) is 18.2 Å². The van der Waals surface area contributed by atoms with Crippen LogP contribution in [0.3, 0.4) is 0 Å². The van der Waals surface area contributed by atoms with Crippen LogP contribution in [0.25, 0.3) is 10.4 Å². The molecule has 21 heavy (non-hydrogen) atoms. The maximum absolute atomic E-state index is 10.1. The molecule has 1 aliphatic heterocycles. The maximum Gasteiger partial charge on any atom is 0.195 e. The quantitative estimate of drug-likeness (QED) is 0.310. The van der Waals surface area contributed by atoms with Crippen LogP contribution < -0.4 is 0 Å². The van der Waals surface area contributed by atoms with Crippen LogP contribution in [0.5, 0.6) is 0 Å². The zero-order valence-electron chi connectivity index (χ0n) is 13.1. The topological polar surface area (TPSA) is 128 Å². The van der Waals surface area contributed by atoms with Crippen LogP contribution in [0.2, 0.25) is 18.1 Å². The van der Waals surface area contributed by atoms with Crippen molar-refractivity contribution < 1.29 is 24.5 Å². The van der Waals surface area contributed by atoms with Crippen LogP contribution in [0.4, 0.5) is 0 Å². The number of hydrogen-bond acceptors (Lipinski definition) is 6. The second kappa shape index (κ2) is 6.61. The lowest BCUT2D eigenvalue weighted by atomic mass is 9.98. The average molecular weight is 319 g/mol. The zero-order valence-corrected chi connectivity index (χ0v) is 14.1. The Hall–Kier alpha value is -0.673. The Morgan fingerprint density at radius 2 is 1.86 bits per heavy atom. The Bertz CT molecular complexity index is 408. The van der Waals surface area contributed by atoms with Crippen molar-refractivity contribution >= 4 is 8.32 Å². The van der Waals surface area contributed by atoms with Gasteiger partial charge in [-0.25, -0.2) is 0 Å². The summed E-state index contributed by atoms with van der Waals surface area (Å²) in [7, 11) is -2.24. The molecule has 0 aliphatic carbocycles. The van der Waals surface area contributed by atoms with Crippen molar-refractivity contribution in [2.75, 3.05) is 6.61 Å². The summed E-state index contributed by atoms with van der Waals surface area (Å²) in [6, 6.07) is -1.05. The van der Waals surface area contributed by atoms with Gasteiger partial charge < -0.3 is 24.5 Å². The molecule has 3 N–H and O–H groups in total. The van der Waals surface area contributed by atoms with Crippen molar-refractivity contribution in [2.24, 2.45) is 5.11 Å². The molecule has 0 aromatic heterocycles. The van der Waals surface area contributed by atoms with Crippen LogP contribution in [0.1, 0.15) is 20.8 Å². The van der Waals surface area contributed by atoms with Crippen LogP contribution in [-0.2, 0) is 9.16 Å². The van der Waals surface area contributed by atoms with Crippen molar-refractivity contribution in [3.63, 3.8) is 0 Å².